The van der Waals surface area contributed by atoms with Crippen LogP contribution in [0.4, 0.5) is 0 Å². The molecule has 3 aliphatic carbocycles. The fourth-order valence-electron chi connectivity index (χ4n) is 5.74. The largest absolute Gasteiger partial charge is 0.391 e. The van der Waals surface area contributed by atoms with Crippen molar-refractivity contribution in [2.45, 2.75) is 120 Å². The predicted molar refractivity (Wildman–Crippen MR) is 136 cm³/mol. The second-order valence-electron chi connectivity index (χ2n) is 12.4. The van der Waals surface area contributed by atoms with E-state index in [0.29, 0.717) is 31.6 Å². The minimum absolute atomic E-state index is 0.0656. The minimum atomic E-state index is -3.39. The molecule has 0 aromatic carbocycles. The molecular formula is C25H40N6O5S. The molecule has 2 amide bonds. The van der Waals surface area contributed by atoms with Crippen molar-refractivity contribution in [1.82, 2.24) is 29.9 Å². The summed E-state index contributed by atoms with van der Waals surface area (Å²) in [5, 5.41) is 21.8. The number of likely N-dealkylation sites (tertiary alicyclic amines) is 1. The Bertz CT molecular complexity index is 1120. The zero-order valence-electron chi connectivity index (χ0n) is 22.0. The van der Waals surface area contributed by atoms with E-state index < -0.39 is 33.6 Å². The van der Waals surface area contributed by atoms with Gasteiger partial charge in [0.1, 0.15) is 12.1 Å². The van der Waals surface area contributed by atoms with Crippen molar-refractivity contribution >= 4 is 21.8 Å². The molecule has 12 heteroatoms. The van der Waals surface area contributed by atoms with E-state index >= 15 is 0 Å². The average Bonchev–Trinajstić information content (AvgIpc) is 3.75. The van der Waals surface area contributed by atoms with Gasteiger partial charge in [0, 0.05) is 37.2 Å². The zero-order valence-corrected chi connectivity index (χ0v) is 22.8. The third-order valence-electron chi connectivity index (χ3n) is 8.08. The van der Waals surface area contributed by atoms with Gasteiger partial charge in [-0.2, -0.15) is 0 Å². The fraction of sp³-hybridized carbons (Fsp3) is 0.840. The van der Waals surface area contributed by atoms with Crippen LogP contribution in [0, 0.1) is 5.41 Å². The van der Waals surface area contributed by atoms with Crippen LogP contribution in [0.3, 0.4) is 0 Å². The number of aliphatic hydroxyl groups is 1. The quantitative estimate of drug-likeness (QED) is 0.453. The lowest BCUT2D eigenvalue weighted by molar-refractivity contribution is -0.144. The number of nitrogens with zero attached hydrogens (tertiary/aromatic N) is 4. The van der Waals surface area contributed by atoms with E-state index in [1.807, 2.05) is 27.0 Å². The summed E-state index contributed by atoms with van der Waals surface area (Å²) in [6, 6.07) is -2.22. The summed E-state index contributed by atoms with van der Waals surface area (Å²) < 4.78 is 29.6. The van der Waals surface area contributed by atoms with E-state index in [-0.39, 0.29) is 42.1 Å². The first-order valence-corrected chi connectivity index (χ1v) is 15.2. The van der Waals surface area contributed by atoms with Crippen molar-refractivity contribution in [3.8, 4) is 0 Å². The van der Waals surface area contributed by atoms with Crippen molar-refractivity contribution in [1.29, 1.82) is 0 Å². The first-order valence-electron chi connectivity index (χ1n) is 13.7. The molecule has 1 aromatic heterocycles. The maximum absolute atomic E-state index is 13.9. The maximum atomic E-state index is 13.9. The average molecular weight is 537 g/mol. The maximum Gasteiger partial charge on any atom is 0.248 e. The summed E-state index contributed by atoms with van der Waals surface area (Å²) in [7, 11) is -3.39. The first-order chi connectivity index (χ1) is 17.4. The molecule has 0 radical (unpaired) electrons. The molecule has 3 saturated carbocycles. The van der Waals surface area contributed by atoms with E-state index in [1.165, 1.54) is 4.90 Å². The lowest BCUT2D eigenvalue weighted by Gasteiger charge is -2.36. The van der Waals surface area contributed by atoms with Crippen LogP contribution in [0.5, 0.6) is 0 Å². The van der Waals surface area contributed by atoms with Crippen molar-refractivity contribution in [2.24, 2.45) is 5.41 Å². The molecule has 37 heavy (non-hydrogen) atoms. The molecule has 11 nitrogen and oxygen atoms in total. The van der Waals surface area contributed by atoms with Crippen molar-refractivity contribution in [3.63, 3.8) is 0 Å². The third-order valence-corrected chi connectivity index (χ3v) is 10.1. The monoisotopic (exact) mass is 536 g/mol. The first kappa shape index (κ1) is 26.6. The highest BCUT2D eigenvalue weighted by Crippen LogP contribution is 2.40. The Morgan fingerprint density at radius 1 is 1.08 bits per heavy atom. The van der Waals surface area contributed by atoms with E-state index in [2.05, 4.69) is 20.4 Å². The Kier molecular flexibility index (Phi) is 7.12. The number of carbonyl (C=O) groups excluding carboxylic acids is 2. The van der Waals surface area contributed by atoms with Gasteiger partial charge < -0.3 is 15.3 Å². The molecular weight excluding hydrogens is 496 g/mol. The Morgan fingerprint density at radius 2 is 1.76 bits per heavy atom. The zero-order chi connectivity index (χ0) is 26.5. The lowest BCUT2D eigenvalue weighted by atomic mass is 9.85. The van der Waals surface area contributed by atoms with Crippen molar-refractivity contribution in [3.05, 3.63) is 11.9 Å². The van der Waals surface area contributed by atoms with Crippen molar-refractivity contribution < 1.29 is 23.1 Å². The molecule has 5 rings (SSSR count). The normalized spacial score (nSPS) is 29.8. The van der Waals surface area contributed by atoms with Gasteiger partial charge in [0.2, 0.25) is 21.8 Å². The molecule has 0 bridgehead atoms. The number of amides is 2. The number of hydrogen-bond donors (Lipinski definition) is 3. The summed E-state index contributed by atoms with van der Waals surface area (Å²) >= 11 is 0. The minimum Gasteiger partial charge on any atom is -0.391 e. The Labute approximate surface area is 218 Å². The topological polar surface area (TPSA) is 147 Å². The Hall–Kier alpha value is -2.05. The molecule has 4 aliphatic rings. The molecule has 206 valence electrons. The van der Waals surface area contributed by atoms with Crippen LogP contribution >= 0.6 is 0 Å². The molecule has 2 unspecified atom stereocenters. The number of β-amino-alcohol motifs (C(OH)–C–C–N with tert-alkyl or cyclic N) is 1. The van der Waals surface area contributed by atoms with Crippen LogP contribution in [0.25, 0.3) is 0 Å². The summed E-state index contributed by atoms with van der Waals surface area (Å²) in [6.07, 6.45) is 7.80. The third kappa shape index (κ3) is 5.85. The van der Waals surface area contributed by atoms with Gasteiger partial charge in [-0.25, -0.2) is 17.8 Å². The van der Waals surface area contributed by atoms with Gasteiger partial charge in [-0.05, 0) is 43.9 Å². The molecule has 5 atom stereocenters. The SMILES string of the molecule is CC(C)(C)[C@@H](C(=O)N1CC(O)CC1C(=O)N[C@@H]1CCCC[C@H]1NS(=O)(=O)C1CC1)n1cc(C2CC2)nn1. The van der Waals surface area contributed by atoms with Gasteiger partial charge in [0.25, 0.3) is 0 Å². The van der Waals surface area contributed by atoms with E-state index in [1.54, 1.807) is 4.68 Å². The molecule has 3 N–H and O–H groups in total. The van der Waals surface area contributed by atoms with Gasteiger partial charge >= 0.3 is 0 Å². The molecule has 0 spiro atoms. The number of carbonyl (C=O) groups is 2. The summed E-state index contributed by atoms with van der Waals surface area (Å²) in [6.45, 7) is 5.92. The van der Waals surface area contributed by atoms with Crippen molar-refractivity contribution in [2.75, 3.05) is 6.54 Å². The van der Waals surface area contributed by atoms with Gasteiger partial charge in [0.15, 0.2) is 0 Å². The standard InChI is InChI=1S/C25H40N6O5S/c1-25(2,3)22(31-14-20(27-29-31)15-8-9-15)24(34)30-13-16(32)12-21(30)23(33)26-18-6-4-5-7-19(18)28-37(35,36)17-10-11-17/h14-19,21-22,28,32H,4-13H2,1-3H3,(H,26,33)/t16?,18-,19-,21?,22-/m1/s1. The second kappa shape index (κ2) is 9.92. The summed E-state index contributed by atoms with van der Waals surface area (Å²) in [5.74, 6) is -0.221. The highest BCUT2D eigenvalue weighted by Gasteiger charge is 2.46. The molecule has 2 heterocycles. The molecule has 1 saturated heterocycles. The lowest BCUT2D eigenvalue weighted by Crippen LogP contribution is -2.57. The van der Waals surface area contributed by atoms with Gasteiger partial charge in [-0.3, -0.25) is 9.59 Å². The predicted octanol–water partition coefficient (Wildman–Crippen LogP) is 1.21. The molecule has 1 aliphatic heterocycles. The summed E-state index contributed by atoms with van der Waals surface area (Å²) in [4.78, 5) is 28.9. The number of hydrogen-bond acceptors (Lipinski definition) is 7. The number of aromatic nitrogens is 3. The van der Waals surface area contributed by atoms with Crippen LogP contribution in [-0.4, -0.2) is 81.3 Å². The number of rotatable bonds is 8. The Morgan fingerprint density at radius 3 is 2.38 bits per heavy atom. The highest BCUT2D eigenvalue weighted by molar-refractivity contribution is 7.90. The Balaban J connectivity index is 1.31. The smallest absolute Gasteiger partial charge is 0.248 e. The number of aliphatic hydroxyl groups excluding tert-OH is 1. The highest BCUT2D eigenvalue weighted by atomic mass is 32.2. The second-order valence-corrected chi connectivity index (χ2v) is 14.4. The van der Waals surface area contributed by atoms with Crippen LogP contribution in [-0.2, 0) is 19.6 Å². The summed E-state index contributed by atoms with van der Waals surface area (Å²) in [5.41, 5.74) is 0.380. The number of sulfonamides is 1. The van der Waals surface area contributed by atoms with E-state index in [4.69, 9.17) is 0 Å². The van der Waals surface area contributed by atoms with Gasteiger partial charge in [-0.15, -0.1) is 5.10 Å². The molecule has 1 aromatic rings. The van der Waals surface area contributed by atoms with Crippen LogP contribution < -0.4 is 10.0 Å². The van der Waals surface area contributed by atoms with E-state index in [0.717, 1.165) is 31.4 Å². The number of nitrogens with one attached hydrogen (secondary N) is 2. The molecule has 4 fully saturated rings. The van der Waals surface area contributed by atoms with Crippen LogP contribution in [0.2, 0.25) is 0 Å². The van der Waals surface area contributed by atoms with Gasteiger partial charge in [0.05, 0.1) is 17.0 Å². The fourth-order valence-corrected chi connectivity index (χ4v) is 7.39. The van der Waals surface area contributed by atoms with Crippen LogP contribution in [0.15, 0.2) is 6.20 Å². The van der Waals surface area contributed by atoms with E-state index in [9.17, 15) is 23.1 Å². The van der Waals surface area contributed by atoms with Gasteiger partial charge in [-0.1, -0.05) is 38.8 Å². The van der Waals surface area contributed by atoms with Crippen LogP contribution in [0.1, 0.15) is 96.2 Å².